The van der Waals surface area contributed by atoms with E-state index in [2.05, 4.69) is 30.9 Å². The zero-order valence-corrected chi connectivity index (χ0v) is 14.8. The number of rotatable bonds is 8. The molecule has 1 unspecified atom stereocenters. The Kier molecular flexibility index (Phi) is 6.23. The van der Waals surface area contributed by atoms with E-state index in [1.165, 1.54) is 5.56 Å². The summed E-state index contributed by atoms with van der Waals surface area (Å²) < 4.78 is 5.62. The van der Waals surface area contributed by atoms with Crippen molar-refractivity contribution in [2.45, 2.75) is 31.9 Å². The van der Waals surface area contributed by atoms with Crippen molar-refractivity contribution in [3.05, 3.63) is 60.2 Å². The molecule has 1 atom stereocenters. The Bertz CT molecular complexity index is 611. The van der Waals surface area contributed by atoms with E-state index in [0.29, 0.717) is 6.54 Å². The van der Waals surface area contributed by atoms with Gasteiger partial charge in [0.1, 0.15) is 18.5 Å². The quantitative estimate of drug-likeness (QED) is 0.732. The van der Waals surface area contributed by atoms with E-state index in [-0.39, 0.29) is 12.1 Å². The molecule has 0 saturated heterocycles. The molecule has 0 heterocycles. The molecular formula is C20H28N2O2. The Morgan fingerprint density at radius 3 is 2.33 bits per heavy atom. The zero-order valence-electron chi connectivity index (χ0n) is 14.8. The first-order valence-corrected chi connectivity index (χ1v) is 8.28. The Balaban J connectivity index is 1.84. The fraction of sp³-hybridized carbons (Fsp3) is 0.400. The predicted molar refractivity (Wildman–Crippen MR) is 99.2 cm³/mol. The van der Waals surface area contributed by atoms with Crippen LogP contribution in [0.4, 0.5) is 5.69 Å². The van der Waals surface area contributed by atoms with Crippen LogP contribution in [0.2, 0.25) is 0 Å². The molecule has 0 bridgehead atoms. The third-order valence-corrected chi connectivity index (χ3v) is 4.32. The third kappa shape index (κ3) is 5.55. The van der Waals surface area contributed by atoms with Crippen LogP contribution in [0.3, 0.4) is 0 Å². The van der Waals surface area contributed by atoms with Crippen molar-refractivity contribution in [2.24, 2.45) is 0 Å². The maximum atomic E-state index is 10.3. The van der Waals surface area contributed by atoms with Crippen LogP contribution in [0, 0.1) is 0 Å². The van der Waals surface area contributed by atoms with E-state index >= 15 is 0 Å². The summed E-state index contributed by atoms with van der Waals surface area (Å²) in [6, 6.07) is 17.5. The van der Waals surface area contributed by atoms with Gasteiger partial charge in [-0.05, 0) is 57.1 Å². The lowest BCUT2D eigenvalue weighted by Gasteiger charge is -2.37. The Labute approximate surface area is 144 Å². The molecule has 0 fully saturated rings. The first-order chi connectivity index (χ1) is 11.4. The summed E-state index contributed by atoms with van der Waals surface area (Å²) in [5.41, 5.74) is 7.67. The van der Waals surface area contributed by atoms with Gasteiger partial charge in [0.15, 0.2) is 0 Å². The molecule has 4 nitrogen and oxygen atoms in total. The number of hydrogen-bond acceptors (Lipinski definition) is 4. The van der Waals surface area contributed by atoms with Crippen molar-refractivity contribution in [3.8, 4) is 5.75 Å². The van der Waals surface area contributed by atoms with Crippen LogP contribution in [-0.2, 0) is 6.42 Å². The van der Waals surface area contributed by atoms with Gasteiger partial charge in [0.05, 0.1) is 0 Å². The highest BCUT2D eigenvalue weighted by Gasteiger charge is 2.25. The molecule has 0 aliphatic rings. The molecular weight excluding hydrogens is 300 g/mol. The van der Waals surface area contributed by atoms with Crippen molar-refractivity contribution < 1.29 is 9.84 Å². The largest absolute Gasteiger partial charge is 0.491 e. The molecule has 0 aliphatic carbocycles. The number of ether oxygens (including phenoxy) is 1. The lowest BCUT2D eigenvalue weighted by atomic mass is 9.93. The van der Waals surface area contributed by atoms with Gasteiger partial charge in [0.2, 0.25) is 0 Å². The van der Waals surface area contributed by atoms with Crippen LogP contribution in [0.5, 0.6) is 5.75 Å². The summed E-state index contributed by atoms with van der Waals surface area (Å²) in [6.07, 6.45) is 0.344. The van der Waals surface area contributed by atoms with E-state index in [1.807, 2.05) is 49.5 Å². The van der Waals surface area contributed by atoms with Gasteiger partial charge in [-0.1, -0.05) is 30.3 Å². The predicted octanol–water partition coefficient (Wildman–Crippen LogP) is 2.96. The fourth-order valence-corrected chi connectivity index (χ4v) is 2.60. The van der Waals surface area contributed by atoms with E-state index in [4.69, 9.17) is 10.5 Å². The normalized spacial score (nSPS) is 13.0. The number of para-hydroxylation sites is 1. The van der Waals surface area contributed by atoms with Crippen LogP contribution in [0.25, 0.3) is 0 Å². The summed E-state index contributed by atoms with van der Waals surface area (Å²) in [6.45, 7) is 5.18. The molecule has 0 spiro atoms. The summed E-state index contributed by atoms with van der Waals surface area (Å²) in [5, 5.41) is 10.3. The molecule has 0 saturated carbocycles. The SMILES string of the molecule is CN(CC(O)COc1ccccc1)C(C)(C)Cc1ccc(N)cc1. The highest BCUT2D eigenvalue weighted by Crippen LogP contribution is 2.20. The van der Waals surface area contributed by atoms with Crippen LogP contribution in [-0.4, -0.2) is 41.8 Å². The van der Waals surface area contributed by atoms with Gasteiger partial charge in [0.25, 0.3) is 0 Å². The number of benzene rings is 2. The van der Waals surface area contributed by atoms with Crippen molar-refractivity contribution in [1.29, 1.82) is 0 Å². The van der Waals surface area contributed by atoms with Crippen molar-refractivity contribution >= 4 is 5.69 Å². The summed E-state index contributed by atoms with van der Waals surface area (Å²) >= 11 is 0. The molecule has 130 valence electrons. The van der Waals surface area contributed by atoms with Crippen LogP contribution in [0.15, 0.2) is 54.6 Å². The number of β-amino-alcohol motifs (C(OH)–C–C–N with tert-alkyl or cyclic N) is 1. The van der Waals surface area contributed by atoms with Gasteiger partial charge in [0, 0.05) is 17.8 Å². The van der Waals surface area contributed by atoms with Gasteiger partial charge in [-0.3, -0.25) is 4.90 Å². The minimum absolute atomic E-state index is 0.0795. The van der Waals surface area contributed by atoms with Crippen molar-refractivity contribution in [3.63, 3.8) is 0 Å². The van der Waals surface area contributed by atoms with E-state index in [0.717, 1.165) is 17.9 Å². The second-order valence-electron chi connectivity index (χ2n) is 6.89. The standard InChI is InChI=1S/C20H28N2O2/c1-20(2,13-16-9-11-17(21)12-10-16)22(3)14-18(23)15-24-19-7-5-4-6-8-19/h4-12,18,23H,13-15,21H2,1-3H3. The molecule has 24 heavy (non-hydrogen) atoms. The second kappa shape index (κ2) is 8.18. The monoisotopic (exact) mass is 328 g/mol. The smallest absolute Gasteiger partial charge is 0.119 e. The van der Waals surface area contributed by atoms with Gasteiger partial charge in [-0.2, -0.15) is 0 Å². The Morgan fingerprint density at radius 1 is 1.08 bits per heavy atom. The number of aliphatic hydroxyl groups excluding tert-OH is 1. The first-order valence-electron chi connectivity index (χ1n) is 8.28. The van der Waals surface area contributed by atoms with Gasteiger partial charge in [-0.25, -0.2) is 0 Å². The third-order valence-electron chi connectivity index (χ3n) is 4.32. The van der Waals surface area contributed by atoms with Gasteiger partial charge in [-0.15, -0.1) is 0 Å². The number of nitrogen functional groups attached to an aromatic ring is 1. The van der Waals surface area contributed by atoms with Gasteiger partial charge >= 0.3 is 0 Å². The Morgan fingerprint density at radius 2 is 1.71 bits per heavy atom. The number of nitrogens with two attached hydrogens (primary N) is 1. The number of hydrogen-bond donors (Lipinski definition) is 2. The highest BCUT2D eigenvalue weighted by atomic mass is 16.5. The summed E-state index contributed by atoms with van der Waals surface area (Å²) in [4.78, 5) is 2.17. The molecule has 0 radical (unpaired) electrons. The molecule has 3 N–H and O–H groups in total. The lowest BCUT2D eigenvalue weighted by molar-refractivity contribution is 0.0419. The first kappa shape index (κ1) is 18.3. The number of nitrogens with zero attached hydrogens (tertiary/aromatic N) is 1. The molecule has 4 heteroatoms. The molecule has 2 aromatic carbocycles. The number of aliphatic hydroxyl groups is 1. The van der Waals surface area contributed by atoms with Gasteiger partial charge < -0.3 is 15.6 Å². The fourth-order valence-electron chi connectivity index (χ4n) is 2.60. The van der Waals surface area contributed by atoms with E-state index in [9.17, 15) is 5.11 Å². The van der Waals surface area contributed by atoms with Crippen LogP contribution < -0.4 is 10.5 Å². The highest BCUT2D eigenvalue weighted by molar-refractivity contribution is 5.39. The zero-order chi connectivity index (χ0) is 17.6. The number of likely N-dealkylation sites (N-methyl/N-ethyl adjacent to an activating group) is 1. The minimum Gasteiger partial charge on any atom is -0.491 e. The van der Waals surface area contributed by atoms with E-state index < -0.39 is 6.10 Å². The summed E-state index contributed by atoms with van der Waals surface area (Å²) in [5.74, 6) is 0.778. The average Bonchev–Trinajstić information content (AvgIpc) is 2.56. The Hall–Kier alpha value is -2.04. The van der Waals surface area contributed by atoms with E-state index in [1.54, 1.807) is 0 Å². The molecule has 0 aromatic heterocycles. The average molecular weight is 328 g/mol. The van der Waals surface area contributed by atoms with Crippen molar-refractivity contribution in [2.75, 3.05) is 25.9 Å². The molecule has 2 rings (SSSR count). The lowest BCUT2D eigenvalue weighted by Crippen LogP contribution is -2.47. The van der Waals surface area contributed by atoms with Crippen LogP contribution >= 0.6 is 0 Å². The van der Waals surface area contributed by atoms with Crippen LogP contribution in [0.1, 0.15) is 19.4 Å². The topological polar surface area (TPSA) is 58.7 Å². The minimum atomic E-state index is -0.541. The summed E-state index contributed by atoms with van der Waals surface area (Å²) in [7, 11) is 2.03. The maximum absolute atomic E-state index is 10.3. The molecule has 2 aromatic rings. The maximum Gasteiger partial charge on any atom is 0.119 e. The second-order valence-corrected chi connectivity index (χ2v) is 6.89. The number of anilines is 1. The van der Waals surface area contributed by atoms with Crippen molar-refractivity contribution in [1.82, 2.24) is 4.90 Å². The molecule has 0 aliphatic heterocycles. The molecule has 0 amide bonds.